The molecule has 0 N–H and O–H groups in total. The summed E-state index contributed by atoms with van der Waals surface area (Å²) in [5.41, 5.74) is 3.09. The number of aromatic nitrogens is 2. The second-order valence-corrected chi connectivity index (χ2v) is 7.91. The number of rotatable bonds is 10. The van der Waals surface area contributed by atoms with Crippen molar-refractivity contribution in [2.75, 3.05) is 13.7 Å². The molecule has 6 heteroatoms. The minimum atomic E-state index is 0.333. The van der Waals surface area contributed by atoms with Crippen LogP contribution >= 0.6 is 11.6 Å². The van der Waals surface area contributed by atoms with E-state index >= 15 is 0 Å². The fourth-order valence-electron chi connectivity index (χ4n) is 3.69. The summed E-state index contributed by atoms with van der Waals surface area (Å²) in [4.78, 5) is 4.78. The number of aryl methyl sites for hydroxylation is 1. The van der Waals surface area contributed by atoms with Gasteiger partial charge in [-0.1, -0.05) is 54.1 Å². The summed E-state index contributed by atoms with van der Waals surface area (Å²) >= 11 is 6.24. The smallest absolute Gasteiger partial charge is 0.161 e. The molecule has 0 aliphatic carbocycles. The van der Waals surface area contributed by atoms with Gasteiger partial charge in [-0.3, -0.25) is 0 Å². The first-order valence-electron chi connectivity index (χ1n) is 10.9. The Labute approximate surface area is 199 Å². The zero-order valence-electron chi connectivity index (χ0n) is 18.8. The Kier molecular flexibility index (Phi) is 7.53. The maximum atomic E-state index is 6.24. The van der Waals surface area contributed by atoms with Gasteiger partial charge in [-0.15, -0.1) is 0 Å². The highest BCUT2D eigenvalue weighted by Gasteiger charge is 2.12. The van der Waals surface area contributed by atoms with Gasteiger partial charge in [0.2, 0.25) is 0 Å². The largest absolute Gasteiger partial charge is 0.493 e. The quantitative estimate of drug-likeness (QED) is 0.244. The van der Waals surface area contributed by atoms with Crippen molar-refractivity contribution in [3.63, 3.8) is 0 Å². The highest BCUT2D eigenvalue weighted by Crippen LogP contribution is 2.29. The normalized spacial score (nSPS) is 11.2. The maximum absolute atomic E-state index is 6.24. The zero-order chi connectivity index (χ0) is 23.0. The van der Waals surface area contributed by atoms with E-state index < -0.39 is 0 Å². The summed E-state index contributed by atoms with van der Waals surface area (Å²) < 4.78 is 19.7. The first-order chi connectivity index (χ1) is 16.2. The molecule has 170 valence electrons. The Morgan fingerprint density at radius 2 is 1.76 bits per heavy atom. The lowest BCUT2D eigenvalue weighted by Gasteiger charge is -2.13. The molecule has 0 fully saturated rings. The number of benzene rings is 3. The van der Waals surface area contributed by atoms with Crippen LogP contribution in [-0.4, -0.2) is 23.3 Å². The summed E-state index contributed by atoms with van der Waals surface area (Å²) in [7, 11) is 1.66. The van der Waals surface area contributed by atoms with Crippen LogP contribution in [0.2, 0.25) is 5.02 Å². The van der Waals surface area contributed by atoms with Gasteiger partial charge in [0, 0.05) is 6.54 Å². The van der Waals surface area contributed by atoms with E-state index in [1.54, 1.807) is 7.11 Å². The Bertz CT molecular complexity index is 1250. The SMILES string of the molecule is C/C=C/c1ccc(OCCCn2c(COc3ccccc3Cl)nc3ccccc32)c(OC)c1. The van der Waals surface area contributed by atoms with E-state index in [4.69, 9.17) is 30.8 Å². The molecule has 0 unspecified atom stereocenters. The van der Waals surface area contributed by atoms with Crippen molar-refractivity contribution >= 4 is 28.7 Å². The predicted octanol–water partition coefficient (Wildman–Crippen LogP) is 6.78. The molecule has 3 aromatic carbocycles. The lowest BCUT2D eigenvalue weighted by atomic mass is 10.2. The highest BCUT2D eigenvalue weighted by atomic mass is 35.5. The summed E-state index contributed by atoms with van der Waals surface area (Å²) in [5.74, 6) is 2.97. The molecule has 0 saturated heterocycles. The topological polar surface area (TPSA) is 45.5 Å². The summed E-state index contributed by atoms with van der Waals surface area (Å²) in [6.07, 6.45) is 4.83. The van der Waals surface area contributed by atoms with Crippen molar-refractivity contribution in [1.29, 1.82) is 0 Å². The van der Waals surface area contributed by atoms with Crippen molar-refractivity contribution in [2.24, 2.45) is 0 Å². The van der Waals surface area contributed by atoms with Gasteiger partial charge in [0.1, 0.15) is 18.2 Å². The lowest BCUT2D eigenvalue weighted by molar-refractivity contribution is 0.273. The summed E-state index contributed by atoms with van der Waals surface area (Å²) in [6.45, 7) is 3.63. The average molecular weight is 463 g/mol. The second kappa shape index (κ2) is 10.9. The van der Waals surface area contributed by atoms with Crippen molar-refractivity contribution < 1.29 is 14.2 Å². The summed E-state index contributed by atoms with van der Waals surface area (Å²) in [6, 6.07) is 21.5. The number of halogens is 1. The van der Waals surface area contributed by atoms with Crippen LogP contribution in [0.3, 0.4) is 0 Å². The van der Waals surface area contributed by atoms with Crippen LogP contribution in [0.1, 0.15) is 24.7 Å². The molecule has 4 aromatic rings. The van der Waals surface area contributed by atoms with Crippen LogP contribution in [0.15, 0.2) is 72.8 Å². The third-order valence-corrected chi connectivity index (χ3v) is 5.57. The van der Waals surface area contributed by atoms with Crippen LogP contribution < -0.4 is 14.2 Å². The van der Waals surface area contributed by atoms with Crippen molar-refractivity contribution in [3.05, 3.63) is 89.2 Å². The number of fused-ring (bicyclic) bond motifs is 1. The molecule has 0 saturated carbocycles. The van der Waals surface area contributed by atoms with Gasteiger partial charge >= 0.3 is 0 Å². The van der Waals surface area contributed by atoms with Gasteiger partial charge in [0.15, 0.2) is 11.5 Å². The molecule has 0 spiro atoms. The molecule has 33 heavy (non-hydrogen) atoms. The van der Waals surface area contributed by atoms with Crippen LogP contribution in [0.5, 0.6) is 17.2 Å². The monoisotopic (exact) mass is 462 g/mol. The van der Waals surface area contributed by atoms with E-state index in [-0.39, 0.29) is 0 Å². The Balaban J connectivity index is 1.44. The molecule has 0 aliphatic heterocycles. The lowest BCUT2D eigenvalue weighted by Crippen LogP contribution is -2.10. The standard InChI is InChI=1S/C27H27ClN2O3/c1-3-9-20-14-15-25(26(18-20)31-2)32-17-8-16-30-23-12-6-5-11-22(23)29-27(30)19-33-24-13-7-4-10-21(24)28/h3-7,9-15,18H,8,16-17,19H2,1-2H3/b9-3+. The molecule has 0 radical (unpaired) electrons. The van der Waals surface area contributed by atoms with Crippen molar-refractivity contribution in [2.45, 2.75) is 26.5 Å². The number of methoxy groups -OCH3 is 1. The van der Waals surface area contributed by atoms with Crippen LogP contribution in [0.25, 0.3) is 17.1 Å². The van der Waals surface area contributed by atoms with E-state index in [2.05, 4.69) is 10.6 Å². The Hall–Kier alpha value is -3.44. The highest BCUT2D eigenvalue weighted by molar-refractivity contribution is 6.32. The molecular formula is C27H27ClN2O3. The van der Waals surface area contributed by atoms with Gasteiger partial charge in [-0.05, 0) is 55.3 Å². The number of hydrogen-bond donors (Lipinski definition) is 0. The molecule has 0 aliphatic rings. The number of ether oxygens (including phenoxy) is 3. The maximum Gasteiger partial charge on any atom is 0.161 e. The fourth-order valence-corrected chi connectivity index (χ4v) is 3.88. The average Bonchev–Trinajstić information content (AvgIpc) is 3.19. The van der Waals surface area contributed by atoms with Gasteiger partial charge in [-0.2, -0.15) is 0 Å². The first-order valence-corrected chi connectivity index (χ1v) is 11.3. The van der Waals surface area contributed by atoms with E-state index in [1.165, 1.54) is 0 Å². The molecule has 1 heterocycles. The van der Waals surface area contributed by atoms with Gasteiger partial charge in [-0.25, -0.2) is 4.98 Å². The van der Waals surface area contributed by atoms with Crippen LogP contribution in [0.4, 0.5) is 0 Å². The molecule has 1 aromatic heterocycles. The van der Waals surface area contributed by atoms with Gasteiger partial charge in [0.25, 0.3) is 0 Å². The number of hydrogen-bond acceptors (Lipinski definition) is 4. The molecule has 0 bridgehead atoms. The van der Waals surface area contributed by atoms with E-state index in [9.17, 15) is 0 Å². The number of imidazole rings is 1. The van der Waals surface area contributed by atoms with Crippen molar-refractivity contribution in [1.82, 2.24) is 9.55 Å². The minimum absolute atomic E-state index is 0.333. The van der Waals surface area contributed by atoms with E-state index in [1.807, 2.05) is 79.7 Å². The minimum Gasteiger partial charge on any atom is -0.493 e. The number of allylic oxidation sites excluding steroid dienone is 1. The molecular weight excluding hydrogens is 436 g/mol. The van der Waals surface area contributed by atoms with E-state index in [0.29, 0.717) is 24.0 Å². The summed E-state index contributed by atoms with van der Waals surface area (Å²) in [5, 5.41) is 0.586. The molecule has 4 rings (SSSR count). The molecule has 5 nitrogen and oxygen atoms in total. The predicted molar refractivity (Wildman–Crippen MR) is 133 cm³/mol. The first kappa shape index (κ1) is 22.7. The second-order valence-electron chi connectivity index (χ2n) is 7.50. The number of nitrogens with zero attached hydrogens (tertiary/aromatic N) is 2. The van der Waals surface area contributed by atoms with E-state index in [0.717, 1.165) is 46.9 Å². The Morgan fingerprint density at radius 1 is 0.939 bits per heavy atom. The Morgan fingerprint density at radius 3 is 2.58 bits per heavy atom. The zero-order valence-corrected chi connectivity index (χ0v) is 19.6. The number of para-hydroxylation sites is 3. The van der Waals surface area contributed by atoms with Crippen LogP contribution in [0, 0.1) is 0 Å². The fraction of sp³-hybridized carbons (Fsp3) is 0.222. The third kappa shape index (κ3) is 5.49. The van der Waals surface area contributed by atoms with Gasteiger partial charge in [0.05, 0.1) is 29.8 Å². The molecule has 0 atom stereocenters. The van der Waals surface area contributed by atoms with Gasteiger partial charge < -0.3 is 18.8 Å². The third-order valence-electron chi connectivity index (χ3n) is 5.26. The van der Waals surface area contributed by atoms with Crippen molar-refractivity contribution in [3.8, 4) is 17.2 Å². The molecule has 0 amide bonds. The van der Waals surface area contributed by atoms with Crippen LogP contribution in [-0.2, 0) is 13.2 Å².